The Morgan fingerprint density at radius 3 is 2.43 bits per heavy atom. The molecule has 1 aromatic heterocycles. The maximum Gasteiger partial charge on any atom is 0.279 e. The SMILES string of the molecule is CC1CCN(S(=O)(=O)c2ccc(C(=O)N=c3sc4cccc(F)c4n3C)cc2)CC1. The van der Waals surface area contributed by atoms with Gasteiger partial charge in [-0.25, -0.2) is 12.8 Å². The van der Waals surface area contributed by atoms with E-state index in [1.165, 1.54) is 46.0 Å². The molecular weight excluding hydrogens is 425 g/mol. The monoisotopic (exact) mass is 447 g/mol. The first kappa shape index (κ1) is 20.9. The van der Waals surface area contributed by atoms with Crippen LogP contribution in [-0.2, 0) is 17.1 Å². The van der Waals surface area contributed by atoms with Crippen LogP contribution < -0.4 is 4.80 Å². The fourth-order valence-corrected chi connectivity index (χ4v) is 6.06. The third-order valence-electron chi connectivity index (χ3n) is 5.45. The van der Waals surface area contributed by atoms with Crippen molar-refractivity contribution in [2.75, 3.05) is 13.1 Å². The molecule has 0 atom stereocenters. The molecular formula is C21H22FN3O3S2. The summed E-state index contributed by atoms with van der Waals surface area (Å²) in [5.74, 6) is -0.350. The fourth-order valence-electron chi connectivity index (χ4n) is 3.56. The van der Waals surface area contributed by atoms with Gasteiger partial charge in [0.25, 0.3) is 5.91 Å². The molecule has 0 aliphatic carbocycles. The Morgan fingerprint density at radius 2 is 1.80 bits per heavy atom. The number of nitrogens with zero attached hydrogens (tertiary/aromatic N) is 3. The second-order valence-corrected chi connectivity index (χ2v) is 10.5. The number of aryl methyl sites for hydroxylation is 1. The van der Waals surface area contributed by atoms with Gasteiger partial charge < -0.3 is 4.57 Å². The van der Waals surface area contributed by atoms with Crippen LogP contribution in [0.2, 0.25) is 0 Å². The maximum absolute atomic E-state index is 14.1. The van der Waals surface area contributed by atoms with Gasteiger partial charge in [0.2, 0.25) is 10.0 Å². The van der Waals surface area contributed by atoms with Gasteiger partial charge in [0.1, 0.15) is 5.82 Å². The van der Waals surface area contributed by atoms with E-state index >= 15 is 0 Å². The molecule has 0 radical (unpaired) electrons. The lowest BCUT2D eigenvalue weighted by Gasteiger charge is -2.29. The molecule has 1 saturated heterocycles. The third-order valence-corrected chi connectivity index (χ3v) is 8.46. The standard InChI is InChI=1S/C21H22FN3O3S2/c1-14-10-12-25(13-11-14)30(27,28)16-8-6-15(7-9-16)20(26)23-21-24(2)19-17(22)4-3-5-18(19)29-21/h3-9,14H,10-13H2,1-2H3. The van der Waals surface area contributed by atoms with Crippen LogP contribution in [0.1, 0.15) is 30.1 Å². The number of para-hydroxylation sites is 1. The summed E-state index contributed by atoms with van der Waals surface area (Å²) in [7, 11) is -1.91. The number of piperidine rings is 1. The predicted octanol–water partition coefficient (Wildman–Crippen LogP) is 3.54. The minimum Gasteiger partial charge on any atom is -0.317 e. The smallest absolute Gasteiger partial charge is 0.279 e. The molecule has 0 spiro atoms. The van der Waals surface area contributed by atoms with Crippen LogP contribution in [0.5, 0.6) is 0 Å². The quantitative estimate of drug-likeness (QED) is 0.617. The van der Waals surface area contributed by atoms with Crippen LogP contribution in [0.15, 0.2) is 52.4 Å². The summed E-state index contributed by atoms with van der Waals surface area (Å²) in [6.45, 7) is 3.15. The normalized spacial score (nSPS) is 17.0. The number of benzene rings is 2. The van der Waals surface area contributed by atoms with Gasteiger partial charge >= 0.3 is 0 Å². The van der Waals surface area contributed by atoms with Crippen LogP contribution >= 0.6 is 11.3 Å². The third kappa shape index (κ3) is 3.84. The largest absolute Gasteiger partial charge is 0.317 e. The zero-order valence-electron chi connectivity index (χ0n) is 16.7. The Kier molecular flexibility index (Phi) is 5.61. The molecule has 2 heterocycles. The zero-order chi connectivity index (χ0) is 21.5. The number of thiazole rings is 1. The first-order valence-electron chi connectivity index (χ1n) is 9.70. The van der Waals surface area contributed by atoms with Crippen molar-refractivity contribution in [3.05, 3.63) is 58.6 Å². The predicted molar refractivity (Wildman–Crippen MR) is 114 cm³/mol. The number of amides is 1. The van der Waals surface area contributed by atoms with Crippen LogP contribution in [0.4, 0.5) is 4.39 Å². The van der Waals surface area contributed by atoms with Gasteiger partial charge in [-0.3, -0.25) is 4.79 Å². The highest BCUT2D eigenvalue weighted by Crippen LogP contribution is 2.24. The Balaban J connectivity index is 1.60. The van der Waals surface area contributed by atoms with Crippen molar-refractivity contribution < 1.29 is 17.6 Å². The van der Waals surface area contributed by atoms with Crippen LogP contribution in [0.3, 0.4) is 0 Å². The number of aromatic nitrogens is 1. The van der Waals surface area contributed by atoms with E-state index in [2.05, 4.69) is 11.9 Å². The number of hydrogen-bond acceptors (Lipinski definition) is 4. The number of carbonyl (C=O) groups excluding carboxylic acids is 1. The number of rotatable bonds is 3. The Bertz CT molecular complexity index is 1270. The van der Waals surface area contributed by atoms with Crippen molar-refractivity contribution >= 4 is 37.5 Å². The summed E-state index contributed by atoms with van der Waals surface area (Å²) in [5.41, 5.74) is 0.672. The molecule has 9 heteroatoms. The molecule has 1 amide bonds. The van der Waals surface area contributed by atoms with Crippen molar-refractivity contribution in [3.63, 3.8) is 0 Å². The Labute approximate surface area is 178 Å². The molecule has 0 unspecified atom stereocenters. The summed E-state index contributed by atoms with van der Waals surface area (Å²) in [6, 6.07) is 10.6. The molecule has 3 aromatic rings. The van der Waals surface area contributed by atoms with Gasteiger partial charge in [-0.05, 0) is 55.2 Å². The maximum atomic E-state index is 14.1. The molecule has 1 fully saturated rings. The topological polar surface area (TPSA) is 71.7 Å². The summed E-state index contributed by atoms with van der Waals surface area (Å²) in [6.07, 6.45) is 1.70. The highest BCUT2D eigenvalue weighted by Gasteiger charge is 2.28. The molecule has 30 heavy (non-hydrogen) atoms. The van der Waals surface area contributed by atoms with Gasteiger partial charge in [0.05, 0.1) is 15.1 Å². The Hall–Kier alpha value is -2.36. The first-order valence-corrected chi connectivity index (χ1v) is 12.0. The van der Waals surface area contributed by atoms with Crippen molar-refractivity contribution in [1.82, 2.24) is 8.87 Å². The van der Waals surface area contributed by atoms with E-state index in [4.69, 9.17) is 0 Å². The second kappa shape index (κ2) is 8.05. The van der Waals surface area contributed by atoms with Crippen LogP contribution in [0.25, 0.3) is 10.2 Å². The van der Waals surface area contributed by atoms with E-state index in [-0.39, 0.29) is 16.3 Å². The minimum atomic E-state index is -3.57. The number of fused-ring (bicyclic) bond motifs is 1. The van der Waals surface area contributed by atoms with Crippen molar-refractivity contribution in [2.45, 2.75) is 24.7 Å². The average molecular weight is 448 g/mol. The molecule has 4 rings (SSSR count). The van der Waals surface area contributed by atoms with E-state index in [0.717, 1.165) is 12.8 Å². The van der Waals surface area contributed by atoms with E-state index in [9.17, 15) is 17.6 Å². The highest BCUT2D eigenvalue weighted by molar-refractivity contribution is 7.89. The second-order valence-electron chi connectivity index (χ2n) is 7.56. The van der Waals surface area contributed by atoms with E-state index in [0.29, 0.717) is 34.0 Å². The van der Waals surface area contributed by atoms with Crippen molar-refractivity contribution in [2.24, 2.45) is 18.0 Å². The summed E-state index contributed by atoms with van der Waals surface area (Å²) in [4.78, 5) is 17.3. The zero-order valence-corrected chi connectivity index (χ0v) is 18.3. The lowest BCUT2D eigenvalue weighted by Crippen LogP contribution is -2.37. The molecule has 0 bridgehead atoms. The number of sulfonamides is 1. The van der Waals surface area contributed by atoms with Crippen LogP contribution in [0, 0.1) is 11.7 Å². The van der Waals surface area contributed by atoms with Gasteiger partial charge in [-0.2, -0.15) is 9.30 Å². The van der Waals surface area contributed by atoms with Crippen molar-refractivity contribution in [1.29, 1.82) is 0 Å². The Morgan fingerprint density at radius 1 is 1.13 bits per heavy atom. The van der Waals surface area contributed by atoms with Crippen molar-refractivity contribution in [3.8, 4) is 0 Å². The number of halogens is 1. The van der Waals surface area contributed by atoms with Gasteiger partial charge in [0, 0.05) is 25.7 Å². The number of hydrogen-bond donors (Lipinski definition) is 0. The van der Waals surface area contributed by atoms with Gasteiger partial charge in [-0.15, -0.1) is 0 Å². The lowest BCUT2D eigenvalue weighted by atomic mass is 10.0. The van der Waals surface area contributed by atoms with E-state index in [1.54, 1.807) is 23.7 Å². The number of carbonyl (C=O) groups is 1. The fraction of sp³-hybridized carbons (Fsp3) is 0.333. The molecule has 1 aliphatic rings. The molecule has 0 saturated carbocycles. The van der Waals surface area contributed by atoms with Gasteiger partial charge in [-0.1, -0.05) is 24.3 Å². The van der Waals surface area contributed by atoms with E-state index < -0.39 is 15.9 Å². The summed E-state index contributed by atoms with van der Waals surface area (Å²) < 4.78 is 43.4. The molecule has 1 aliphatic heterocycles. The average Bonchev–Trinajstić information content (AvgIpc) is 3.05. The minimum absolute atomic E-state index is 0.170. The lowest BCUT2D eigenvalue weighted by molar-refractivity contribution is 0.0998. The first-order chi connectivity index (χ1) is 14.3. The van der Waals surface area contributed by atoms with Gasteiger partial charge in [0.15, 0.2) is 4.80 Å². The highest BCUT2D eigenvalue weighted by atomic mass is 32.2. The molecule has 6 nitrogen and oxygen atoms in total. The summed E-state index contributed by atoms with van der Waals surface area (Å²) in [5, 5.41) is 0. The summed E-state index contributed by atoms with van der Waals surface area (Å²) >= 11 is 1.22. The molecule has 158 valence electrons. The van der Waals surface area contributed by atoms with Crippen LogP contribution in [-0.4, -0.2) is 36.3 Å². The van der Waals surface area contributed by atoms with E-state index in [1.807, 2.05) is 0 Å². The molecule has 2 aromatic carbocycles. The molecule has 0 N–H and O–H groups in total.